The summed E-state index contributed by atoms with van der Waals surface area (Å²) in [5.41, 5.74) is 2.74. The highest BCUT2D eigenvalue weighted by molar-refractivity contribution is 5.26. The topological polar surface area (TPSA) is 21.3 Å². The fourth-order valence-electron chi connectivity index (χ4n) is 2.75. The van der Waals surface area contributed by atoms with E-state index in [1.165, 1.54) is 24.0 Å². The van der Waals surface area contributed by atoms with Crippen LogP contribution in [0.2, 0.25) is 0 Å². The molecule has 2 atom stereocenters. The van der Waals surface area contributed by atoms with Gasteiger partial charge in [-0.05, 0) is 36.9 Å². The number of nitrogens with one attached hydrogen (secondary N) is 1. The highest BCUT2D eigenvalue weighted by Gasteiger charge is 2.26. The fourth-order valence-corrected chi connectivity index (χ4v) is 2.75. The lowest BCUT2D eigenvalue weighted by Gasteiger charge is -2.32. The first-order valence-electron chi connectivity index (χ1n) is 7.08. The Labute approximate surface area is 111 Å². The molecule has 2 heteroatoms. The summed E-state index contributed by atoms with van der Waals surface area (Å²) in [4.78, 5) is 0. The largest absolute Gasteiger partial charge is 0.373 e. The second-order valence-electron chi connectivity index (χ2n) is 5.57. The second kappa shape index (κ2) is 6.35. The van der Waals surface area contributed by atoms with Gasteiger partial charge in [0.05, 0.1) is 6.10 Å². The molecule has 0 saturated carbocycles. The number of ether oxygens (including phenoxy) is 1. The monoisotopic (exact) mass is 247 g/mol. The van der Waals surface area contributed by atoms with E-state index in [1.807, 2.05) is 7.05 Å². The summed E-state index contributed by atoms with van der Waals surface area (Å²) in [6.45, 7) is 6.40. The summed E-state index contributed by atoms with van der Waals surface area (Å²) in [6, 6.07) is 8.98. The molecule has 1 aromatic carbocycles. The van der Waals surface area contributed by atoms with E-state index in [-0.39, 0.29) is 6.10 Å². The Morgan fingerprint density at radius 2 is 2.00 bits per heavy atom. The number of benzene rings is 1. The maximum atomic E-state index is 5.99. The Kier molecular flexibility index (Phi) is 4.79. The Hall–Kier alpha value is -0.860. The van der Waals surface area contributed by atoms with Crippen molar-refractivity contribution in [3.63, 3.8) is 0 Å². The first-order valence-corrected chi connectivity index (χ1v) is 7.08. The minimum absolute atomic E-state index is 0.271. The molecule has 1 aliphatic rings. The summed E-state index contributed by atoms with van der Waals surface area (Å²) >= 11 is 0. The van der Waals surface area contributed by atoms with Gasteiger partial charge in [0.15, 0.2) is 0 Å². The molecule has 1 aromatic rings. The van der Waals surface area contributed by atoms with Crippen LogP contribution < -0.4 is 5.32 Å². The smallest absolute Gasteiger partial charge is 0.0865 e. The van der Waals surface area contributed by atoms with Crippen LogP contribution in [0.3, 0.4) is 0 Å². The second-order valence-corrected chi connectivity index (χ2v) is 5.57. The third kappa shape index (κ3) is 3.12. The molecule has 0 aromatic heterocycles. The van der Waals surface area contributed by atoms with Crippen LogP contribution in [0.15, 0.2) is 24.3 Å². The molecular weight excluding hydrogens is 222 g/mol. The minimum Gasteiger partial charge on any atom is -0.373 e. The van der Waals surface area contributed by atoms with Crippen LogP contribution in [0.4, 0.5) is 0 Å². The maximum Gasteiger partial charge on any atom is 0.0865 e. The van der Waals surface area contributed by atoms with Gasteiger partial charge in [-0.1, -0.05) is 38.1 Å². The Morgan fingerprint density at radius 1 is 1.28 bits per heavy atom. The van der Waals surface area contributed by atoms with Gasteiger partial charge in [0, 0.05) is 19.1 Å². The third-order valence-electron chi connectivity index (χ3n) is 3.84. The normalized spacial score (nSPS) is 24.4. The fraction of sp³-hybridized carbons (Fsp3) is 0.625. The molecule has 0 spiro atoms. The molecule has 1 saturated heterocycles. The number of hydrogen-bond donors (Lipinski definition) is 1. The van der Waals surface area contributed by atoms with E-state index in [9.17, 15) is 0 Å². The van der Waals surface area contributed by atoms with Crippen molar-refractivity contribution in [3.05, 3.63) is 35.4 Å². The van der Waals surface area contributed by atoms with Crippen molar-refractivity contribution >= 4 is 0 Å². The molecule has 0 aliphatic carbocycles. The van der Waals surface area contributed by atoms with Crippen molar-refractivity contribution in [2.24, 2.45) is 5.92 Å². The summed E-state index contributed by atoms with van der Waals surface area (Å²) < 4.78 is 5.99. The van der Waals surface area contributed by atoms with Crippen molar-refractivity contribution in [1.82, 2.24) is 5.32 Å². The molecule has 2 rings (SSSR count). The zero-order valence-corrected chi connectivity index (χ0v) is 11.8. The zero-order valence-electron chi connectivity index (χ0n) is 11.8. The van der Waals surface area contributed by atoms with E-state index >= 15 is 0 Å². The van der Waals surface area contributed by atoms with Gasteiger partial charge in [-0.25, -0.2) is 0 Å². The van der Waals surface area contributed by atoms with E-state index in [4.69, 9.17) is 4.74 Å². The number of hydrogen-bond acceptors (Lipinski definition) is 2. The summed E-state index contributed by atoms with van der Waals surface area (Å²) in [6.07, 6.45) is 2.72. The maximum absolute atomic E-state index is 5.99. The summed E-state index contributed by atoms with van der Waals surface area (Å²) in [7, 11) is 2.02. The van der Waals surface area contributed by atoms with E-state index in [1.54, 1.807) is 0 Å². The van der Waals surface area contributed by atoms with Crippen LogP contribution in [0, 0.1) is 5.92 Å². The van der Waals surface area contributed by atoms with Crippen LogP contribution in [-0.4, -0.2) is 20.2 Å². The van der Waals surface area contributed by atoms with Crippen LogP contribution in [0.25, 0.3) is 0 Å². The van der Waals surface area contributed by atoms with E-state index in [2.05, 4.69) is 43.4 Å². The Bertz CT molecular complexity index is 356. The Morgan fingerprint density at radius 3 is 2.61 bits per heavy atom. The highest BCUT2D eigenvalue weighted by Crippen LogP contribution is 2.33. The average Bonchev–Trinajstić information content (AvgIpc) is 2.40. The molecule has 18 heavy (non-hydrogen) atoms. The quantitative estimate of drug-likeness (QED) is 0.879. The lowest BCUT2D eigenvalue weighted by Crippen LogP contribution is -2.30. The molecule has 1 heterocycles. The lowest BCUT2D eigenvalue weighted by molar-refractivity contribution is -0.0272. The van der Waals surface area contributed by atoms with Crippen molar-refractivity contribution in [1.29, 1.82) is 0 Å². The molecule has 0 bridgehead atoms. The van der Waals surface area contributed by atoms with Crippen molar-refractivity contribution < 1.29 is 4.74 Å². The van der Waals surface area contributed by atoms with Gasteiger partial charge in [0.2, 0.25) is 0 Å². The zero-order chi connectivity index (χ0) is 13.0. The average molecular weight is 247 g/mol. The minimum atomic E-state index is 0.271. The highest BCUT2D eigenvalue weighted by atomic mass is 16.5. The van der Waals surface area contributed by atoms with Crippen molar-refractivity contribution in [2.45, 2.75) is 38.7 Å². The molecule has 1 N–H and O–H groups in total. The third-order valence-corrected chi connectivity index (χ3v) is 3.84. The van der Waals surface area contributed by atoms with Gasteiger partial charge in [-0.3, -0.25) is 0 Å². The molecule has 2 nitrogen and oxygen atoms in total. The molecule has 0 radical (unpaired) electrons. The van der Waals surface area contributed by atoms with Crippen molar-refractivity contribution in [2.75, 3.05) is 20.2 Å². The van der Waals surface area contributed by atoms with Crippen LogP contribution in [-0.2, 0) is 4.74 Å². The molecule has 2 unspecified atom stereocenters. The Balaban J connectivity index is 2.12. The number of rotatable bonds is 4. The van der Waals surface area contributed by atoms with Gasteiger partial charge in [-0.15, -0.1) is 0 Å². The van der Waals surface area contributed by atoms with E-state index in [0.29, 0.717) is 11.8 Å². The van der Waals surface area contributed by atoms with Gasteiger partial charge < -0.3 is 10.1 Å². The molecule has 1 fully saturated rings. The van der Waals surface area contributed by atoms with E-state index < -0.39 is 0 Å². The predicted molar refractivity (Wildman–Crippen MR) is 75.9 cm³/mol. The van der Waals surface area contributed by atoms with Crippen LogP contribution in [0.5, 0.6) is 0 Å². The van der Waals surface area contributed by atoms with Crippen molar-refractivity contribution in [3.8, 4) is 0 Å². The lowest BCUT2D eigenvalue weighted by atomic mass is 9.88. The molecule has 100 valence electrons. The molecule has 1 aliphatic heterocycles. The standard InChI is InChI=1S/C16H25NO/c1-12(2)13-6-8-14(9-7-13)16-15(11-17-3)5-4-10-18-16/h6-9,12,15-17H,4-5,10-11H2,1-3H3. The molecule has 0 amide bonds. The van der Waals surface area contributed by atoms with Gasteiger partial charge in [0.25, 0.3) is 0 Å². The van der Waals surface area contributed by atoms with Crippen LogP contribution >= 0.6 is 0 Å². The van der Waals surface area contributed by atoms with Gasteiger partial charge in [-0.2, -0.15) is 0 Å². The van der Waals surface area contributed by atoms with Crippen LogP contribution in [0.1, 0.15) is 49.8 Å². The SMILES string of the molecule is CNCC1CCCOC1c1ccc(C(C)C)cc1. The summed E-state index contributed by atoms with van der Waals surface area (Å²) in [5, 5.41) is 3.29. The molecular formula is C16H25NO. The van der Waals surface area contributed by atoms with Gasteiger partial charge >= 0.3 is 0 Å². The summed E-state index contributed by atoms with van der Waals surface area (Å²) in [5.74, 6) is 1.20. The van der Waals surface area contributed by atoms with E-state index in [0.717, 1.165) is 13.2 Å². The first kappa shape index (κ1) is 13.6. The first-order chi connectivity index (χ1) is 8.72. The van der Waals surface area contributed by atoms with Gasteiger partial charge in [0.1, 0.15) is 0 Å². The predicted octanol–water partition coefficient (Wildman–Crippen LogP) is 3.50.